The number of hydrogen-bond acceptors (Lipinski definition) is 6. The molecule has 2 aromatic heterocycles. The number of rotatable bonds is 5. The molecule has 0 bridgehead atoms. The smallest absolute Gasteiger partial charge is 0.179 e. The molecule has 0 fully saturated rings. The zero-order valence-corrected chi connectivity index (χ0v) is 11.3. The zero-order chi connectivity index (χ0) is 13.9. The van der Waals surface area contributed by atoms with Crippen LogP contribution in [0.5, 0.6) is 0 Å². The summed E-state index contributed by atoms with van der Waals surface area (Å²) < 4.78 is 24.8. The van der Waals surface area contributed by atoms with Crippen LogP contribution in [0.25, 0.3) is 0 Å². The Morgan fingerprint density at radius 2 is 2.26 bits per heavy atom. The fourth-order valence-corrected chi connectivity index (χ4v) is 2.42. The largest absolute Gasteiger partial charge is 0.396 e. The molecule has 0 saturated heterocycles. The van der Waals surface area contributed by atoms with E-state index in [-0.39, 0.29) is 4.90 Å². The van der Waals surface area contributed by atoms with Crippen LogP contribution in [-0.2, 0) is 16.4 Å². The molecule has 0 aromatic carbocycles. The third-order valence-corrected chi connectivity index (χ3v) is 3.59. The maximum atomic E-state index is 11.6. The summed E-state index contributed by atoms with van der Waals surface area (Å²) in [6.45, 7) is 1.07. The first-order valence-corrected chi connectivity index (χ1v) is 7.53. The van der Waals surface area contributed by atoms with Gasteiger partial charge in [0.25, 0.3) is 0 Å². The fourth-order valence-electron chi connectivity index (χ4n) is 1.61. The minimum absolute atomic E-state index is 0.190. The van der Waals surface area contributed by atoms with E-state index >= 15 is 0 Å². The van der Waals surface area contributed by atoms with Crippen LogP contribution in [0.15, 0.2) is 35.6 Å². The molecule has 2 heterocycles. The Morgan fingerprint density at radius 1 is 1.47 bits per heavy atom. The molecule has 2 rings (SSSR count). The fraction of sp³-hybridized carbons (Fsp3) is 0.273. The Balaban J connectivity index is 2.04. The summed E-state index contributed by atoms with van der Waals surface area (Å²) in [5.41, 5.74) is 6.14. The molecule has 0 aliphatic heterocycles. The van der Waals surface area contributed by atoms with Gasteiger partial charge in [0.05, 0.1) is 18.4 Å². The SMILES string of the molecule is CS(=O)(=O)c1cccnc1NCCn1cc(N)cn1. The molecule has 0 radical (unpaired) electrons. The number of pyridine rings is 1. The van der Waals surface area contributed by atoms with Gasteiger partial charge in [0.2, 0.25) is 0 Å². The summed E-state index contributed by atoms with van der Waals surface area (Å²) in [6, 6.07) is 3.12. The van der Waals surface area contributed by atoms with Crippen LogP contribution >= 0.6 is 0 Å². The van der Waals surface area contributed by atoms with Gasteiger partial charge in [0.15, 0.2) is 9.84 Å². The molecular weight excluding hydrogens is 266 g/mol. The van der Waals surface area contributed by atoms with E-state index in [9.17, 15) is 8.42 Å². The van der Waals surface area contributed by atoms with Gasteiger partial charge in [-0.2, -0.15) is 5.10 Å². The number of aromatic nitrogens is 3. The number of hydrogen-bond donors (Lipinski definition) is 2. The molecule has 0 unspecified atom stereocenters. The molecule has 19 heavy (non-hydrogen) atoms. The summed E-state index contributed by atoms with van der Waals surface area (Å²) in [5.74, 6) is 0.352. The second-order valence-electron chi connectivity index (χ2n) is 4.09. The van der Waals surface area contributed by atoms with E-state index < -0.39 is 9.84 Å². The van der Waals surface area contributed by atoms with E-state index in [2.05, 4.69) is 15.4 Å². The molecular formula is C11H15N5O2S. The van der Waals surface area contributed by atoms with E-state index in [1.165, 1.54) is 6.07 Å². The molecule has 7 nitrogen and oxygen atoms in total. The predicted octanol–water partition coefficient (Wildman–Crippen LogP) is 0.376. The Labute approximate surface area is 111 Å². The average molecular weight is 281 g/mol. The first-order valence-electron chi connectivity index (χ1n) is 5.64. The van der Waals surface area contributed by atoms with Crippen LogP contribution in [0, 0.1) is 0 Å². The van der Waals surface area contributed by atoms with Crippen molar-refractivity contribution < 1.29 is 8.42 Å². The quantitative estimate of drug-likeness (QED) is 0.821. The molecule has 0 saturated carbocycles. The van der Waals surface area contributed by atoms with Crippen molar-refractivity contribution in [1.82, 2.24) is 14.8 Å². The van der Waals surface area contributed by atoms with Crippen LogP contribution in [0.4, 0.5) is 11.5 Å². The van der Waals surface area contributed by atoms with Crippen LogP contribution < -0.4 is 11.1 Å². The number of anilines is 2. The van der Waals surface area contributed by atoms with Gasteiger partial charge in [-0.1, -0.05) is 0 Å². The lowest BCUT2D eigenvalue weighted by atomic mass is 10.4. The Bertz CT molecular complexity index is 665. The van der Waals surface area contributed by atoms with Crippen molar-refractivity contribution in [2.75, 3.05) is 23.9 Å². The van der Waals surface area contributed by atoms with E-state index in [0.717, 1.165) is 6.26 Å². The second kappa shape index (κ2) is 5.27. The molecule has 0 aliphatic carbocycles. The van der Waals surface area contributed by atoms with E-state index in [1.807, 2.05) is 0 Å². The van der Waals surface area contributed by atoms with E-state index in [0.29, 0.717) is 24.6 Å². The molecule has 0 atom stereocenters. The topological polar surface area (TPSA) is 103 Å². The molecule has 3 N–H and O–H groups in total. The van der Waals surface area contributed by atoms with Crippen molar-refractivity contribution in [3.63, 3.8) is 0 Å². The van der Waals surface area contributed by atoms with Gasteiger partial charge < -0.3 is 11.1 Å². The summed E-state index contributed by atoms with van der Waals surface area (Å²) in [7, 11) is -3.29. The summed E-state index contributed by atoms with van der Waals surface area (Å²) in [6.07, 6.45) is 5.96. The van der Waals surface area contributed by atoms with Gasteiger partial charge in [0, 0.05) is 25.2 Å². The lowest BCUT2D eigenvalue weighted by Gasteiger charge is -2.09. The molecule has 2 aromatic rings. The van der Waals surface area contributed by atoms with Gasteiger partial charge in [-0.3, -0.25) is 4.68 Å². The summed E-state index contributed by atoms with van der Waals surface area (Å²) in [4.78, 5) is 4.23. The highest BCUT2D eigenvalue weighted by Gasteiger charge is 2.13. The van der Waals surface area contributed by atoms with Crippen LogP contribution in [0.1, 0.15) is 0 Å². The van der Waals surface area contributed by atoms with Crippen LogP contribution in [-0.4, -0.2) is 36.0 Å². The Hall–Kier alpha value is -2.09. The minimum Gasteiger partial charge on any atom is -0.396 e. The maximum absolute atomic E-state index is 11.6. The number of nitrogens with two attached hydrogens (primary N) is 1. The highest BCUT2D eigenvalue weighted by atomic mass is 32.2. The zero-order valence-electron chi connectivity index (χ0n) is 10.4. The highest BCUT2D eigenvalue weighted by Crippen LogP contribution is 2.17. The number of nitrogens with zero attached hydrogens (tertiary/aromatic N) is 3. The van der Waals surface area contributed by atoms with Gasteiger partial charge in [-0.05, 0) is 12.1 Å². The summed E-state index contributed by atoms with van der Waals surface area (Å²) in [5, 5.41) is 7.02. The van der Waals surface area contributed by atoms with Gasteiger partial charge in [-0.15, -0.1) is 0 Å². The van der Waals surface area contributed by atoms with Gasteiger partial charge >= 0.3 is 0 Å². The van der Waals surface area contributed by atoms with Crippen molar-refractivity contribution in [3.05, 3.63) is 30.7 Å². The maximum Gasteiger partial charge on any atom is 0.179 e. The van der Waals surface area contributed by atoms with Gasteiger partial charge in [0.1, 0.15) is 10.7 Å². The predicted molar refractivity (Wildman–Crippen MR) is 72.5 cm³/mol. The second-order valence-corrected chi connectivity index (χ2v) is 6.07. The van der Waals surface area contributed by atoms with Crippen molar-refractivity contribution >= 4 is 21.3 Å². The van der Waals surface area contributed by atoms with Gasteiger partial charge in [-0.25, -0.2) is 13.4 Å². The van der Waals surface area contributed by atoms with Crippen LogP contribution in [0.3, 0.4) is 0 Å². The van der Waals surface area contributed by atoms with Crippen molar-refractivity contribution in [1.29, 1.82) is 0 Å². The number of sulfone groups is 1. The molecule has 0 spiro atoms. The monoisotopic (exact) mass is 281 g/mol. The average Bonchev–Trinajstić information content (AvgIpc) is 2.74. The molecule has 0 amide bonds. The standard InChI is InChI=1S/C11H15N5O2S/c1-19(17,18)10-3-2-4-13-11(10)14-5-6-16-8-9(12)7-15-16/h2-4,7-8H,5-6,12H2,1H3,(H,13,14). The number of nitrogens with one attached hydrogen (secondary N) is 1. The highest BCUT2D eigenvalue weighted by molar-refractivity contribution is 7.90. The van der Waals surface area contributed by atoms with E-state index in [4.69, 9.17) is 5.73 Å². The van der Waals surface area contributed by atoms with Crippen molar-refractivity contribution in [2.24, 2.45) is 0 Å². The Kier molecular flexibility index (Phi) is 3.70. The van der Waals surface area contributed by atoms with Crippen molar-refractivity contribution in [2.45, 2.75) is 11.4 Å². The third-order valence-electron chi connectivity index (χ3n) is 2.46. The molecule has 102 valence electrons. The number of nitrogen functional groups attached to an aromatic ring is 1. The van der Waals surface area contributed by atoms with E-state index in [1.54, 1.807) is 29.3 Å². The first-order chi connectivity index (χ1) is 8.97. The lowest BCUT2D eigenvalue weighted by molar-refractivity contribution is 0.601. The first kappa shape index (κ1) is 13.3. The third kappa shape index (κ3) is 3.44. The van der Waals surface area contributed by atoms with Crippen LogP contribution in [0.2, 0.25) is 0 Å². The molecule has 0 aliphatic rings. The minimum atomic E-state index is -3.29. The molecule has 8 heteroatoms. The normalized spacial score (nSPS) is 11.4. The lowest BCUT2D eigenvalue weighted by Crippen LogP contribution is -2.14. The Morgan fingerprint density at radius 3 is 2.89 bits per heavy atom. The summed E-state index contributed by atoms with van der Waals surface area (Å²) >= 11 is 0. The van der Waals surface area contributed by atoms with Crippen molar-refractivity contribution in [3.8, 4) is 0 Å².